The summed E-state index contributed by atoms with van der Waals surface area (Å²) in [6.45, 7) is 3.16. The minimum absolute atomic E-state index is 0.0274. The molecule has 8 heteroatoms. The van der Waals surface area contributed by atoms with E-state index in [1.54, 1.807) is 21.9 Å². The lowest BCUT2D eigenvalue weighted by atomic mass is 9.99. The molecule has 0 N–H and O–H groups in total. The molecular weight excluding hydrogens is 384 g/mol. The van der Waals surface area contributed by atoms with Crippen molar-refractivity contribution in [3.05, 3.63) is 70.3 Å². The molecule has 2 saturated heterocycles. The van der Waals surface area contributed by atoms with Gasteiger partial charge in [-0.2, -0.15) is 0 Å². The maximum atomic E-state index is 12.7. The molecule has 4 rings (SSSR count). The first-order valence-electron chi connectivity index (χ1n) is 10.1. The summed E-state index contributed by atoms with van der Waals surface area (Å²) < 4.78 is 0. The van der Waals surface area contributed by atoms with E-state index in [0.29, 0.717) is 39.1 Å². The summed E-state index contributed by atoms with van der Waals surface area (Å²) in [6, 6.07) is 16.4. The average Bonchev–Trinajstić information content (AvgIpc) is 3.14. The third kappa shape index (κ3) is 4.27. The van der Waals surface area contributed by atoms with Gasteiger partial charge in [-0.05, 0) is 17.7 Å². The minimum atomic E-state index is -0.414. The predicted octanol–water partition coefficient (Wildman–Crippen LogP) is 2.26. The Morgan fingerprint density at radius 3 is 2.30 bits per heavy atom. The number of nitro groups is 1. The molecule has 2 aromatic rings. The molecule has 2 aliphatic heterocycles. The van der Waals surface area contributed by atoms with E-state index in [2.05, 4.69) is 4.90 Å². The number of rotatable bonds is 5. The van der Waals surface area contributed by atoms with E-state index < -0.39 is 4.92 Å². The van der Waals surface area contributed by atoms with Crippen molar-refractivity contribution in [2.75, 3.05) is 44.2 Å². The quantitative estimate of drug-likeness (QED) is 0.559. The number of hydrogen-bond acceptors (Lipinski definition) is 5. The van der Waals surface area contributed by atoms with Gasteiger partial charge in [0.1, 0.15) is 0 Å². The number of non-ortho nitro benzene ring substituents is 1. The van der Waals surface area contributed by atoms with Crippen LogP contribution in [0.25, 0.3) is 0 Å². The van der Waals surface area contributed by atoms with E-state index in [9.17, 15) is 19.7 Å². The Hall–Kier alpha value is -3.42. The zero-order valence-electron chi connectivity index (χ0n) is 16.6. The van der Waals surface area contributed by atoms with Crippen molar-refractivity contribution >= 4 is 23.2 Å². The summed E-state index contributed by atoms with van der Waals surface area (Å²) >= 11 is 0. The van der Waals surface area contributed by atoms with Crippen molar-refractivity contribution in [2.45, 2.75) is 12.3 Å². The van der Waals surface area contributed by atoms with Gasteiger partial charge in [0.2, 0.25) is 11.8 Å². The van der Waals surface area contributed by atoms with E-state index in [1.807, 2.05) is 30.3 Å². The molecule has 1 atom stereocenters. The van der Waals surface area contributed by atoms with Gasteiger partial charge in [-0.3, -0.25) is 19.7 Å². The standard InChI is InChI=1S/C22H24N4O4/c27-21-14-18(17-4-2-1-3-5-17)15-25(21)16-22(28)24-12-10-23(11-13-24)19-6-8-20(9-7-19)26(29)30/h1-9,18H,10-16H2. The van der Waals surface area contributed by atoms with Gasteiger partial charge in [0, 0.05) is 62.9 Å². The van der Waals surface area contributed by atoms with Gasteiger partial charge in [0.25, 0.3) is 5.69 Å². The first kappa shape index (κ1) is 19.9. The zero-order valence-corrected chi connectivity index (χ0v) is 16.6. The number of carbonyl (C=O) groups excluding carboxylic acids is 2. The van der Waals surface area contributed by atoms with Crippen LogP contribution in [0.2, 0.25) is 0 Å². The van der Waals surface area contributed by atoms with Crippen LogP contribution >= 0.6 is 0 Å². The number of nitrogens with zero attached hydrogens (tertiary/aromatic N) is 4. The second-order valence-corrected chi connectivity index (χ2v) is 7.73. The fourth-order valence-electron chi connectivity index (χ4n) is 4.14. The summed E-state index contributed by atoms with van der Waals surface area (Å²) in [4.78, 5) is 41.1. The number of hydrogen-bond donors (Lipinski definition) is 0. The average molecular weight is 408 g/mol. The van der Waals surface area contributed by atoms with Crippen molar-refractivity contribution in [3.8, 4) is 0 Å². The van der Waals surface area contributed by atoms with Gasteiger partial charge >= 0.3 is 0 Å². The Labute approximate surface area is 174 Å². The van der Waals surface area contributed by atoms with Crippen molar-refractivity contribution in [1.82, 2.24) is 9.80 Å². The first-order chi connectivity index (χ1) is 14.5. The van der Waals surface area contributed by atoms with Crippen LogP contribution in [-0.4, -0.2) is 65.8 Å². The highest BCUT2D eigenvalue weighted by atomic mass is 16.6. The third-order valence-corrected chi connectivity index (χ3v) is 5.87. The first-order valence-corrected chi connectivity index (χ1v) is 10.1. The second-order valence-electron chi connectivity index (χ2n) is 7.73. The molecule has 0 bridgehead atoms. The topological polar surface area (TPSA) is 87.0 Å². The number of nitro benzene ring substituents is 1. The van der Waals surface area contributed by atoms with Crippen LogP contribution in [0.3, 0.4) is 0 Å². The van der Waals surface area contributed by atoms with E-state index in [0.717, 1.165) is 11.3 Å². The molecule has 8 nitrogen and oxygen atoms in total. The molecule has 30 heavy (non-hydrogen) atoms. The molecular formula is C22H24N4O4. The van der Waals surface area contributed by atoms with Crippen LogP contribution in [0.15, 0.2) is 54.6 Å². The molecule has 2 amide bonds. The molecule has 2 aliphatic rings. The van der Waals surface area contributed by atoms with Crippen molar-refractivity contribution in [2.24, 2.45) is 0 Å². The third-order valence-electron chi connectivity index (χ3n) is 5.87. The van der Waals surface area contributed by atoms with Crippen LogP contribution in [0, 0.1) is 10.1 Å². The van der Waals surface area contributed by atoms with E-state index in [1.165, 1.54) is 12.1 Å². The maximum Gasteiger partial charge on any atom is 0.269 e. The van der Waals surface area contributed by atoms with Crippen LogP contribution in [-0.2, 0) is 9.59 Å². The molecule has 0 saturated carbocycles. The number of piperazine rings is 1. The smallest absolute Gasteiger partial charge is 0.269 e. The summed E-state index contributed by atoms with van der Waals surface area (Å²) in [5.41, 5.74) is 2.11. The highest BCUT2D eigenvalue weighted by Gasteiger charge is 2.33. The highest BCUT2D eigenvalue weighted by molar-refractivity contribution is 5.86. The minimum Gasteiger partial charge on any atom is -0.368 e. The van der Waals surface area contributed by atoms with Gasteiger partial charge in [-0.25, -0.2) is 0 Å². The molecule has 0 aliphatic carbocycles. The summed E-state index contributed by atoms with van der Waals surface area (Å²) in [7, 11) is 0. The Balaban J connectivity index is 1.29. The second kappa shape index (κ2) is 8.52. The lowest BCUT2D eigenvalue weighted by Gasteiger charge is -2.36. The molecule has 0 radical (unpaired) electrons. The van der Waals surface area contributed by atoms with E-state index in [4.69, 9.17) is 0 Å². The Bertz CT molecular complexity index is 924. The summed E-state index contributed by atoms with van der Waals surface area (Å²) in [6.07, 6.45) is 0.450. The Morgan fingerprint density at radius 1 is 1.00 bits per heavy atom. The van der Waals surface area contributed by atoms with Crippen LogP contribution in [0.1, 0.15) is 17.9 Å². The van der Waals surface area contributed by atoms with Gasteiger partial charge in [0.15, 0.2) is 0 Å². The van der Waals surface area contributed by atoms with Gasteiger partial charge in [-0.15, -0.1) is 0 Å². The van der Waals surface area contributed by atoms with Crippen molar-refractivity contribution in [1.29, 1.82) is 0 Å². The molecule has 2 heterocycles. The molecule has 2 aromatic carbocycles. The number of amides is 2. The molecule has 156 valence electrons. The predicted molar refractivity (Wildman–Crippen MR) is 112 cm³/mol. The fourth-order valence-corrected chi connectivity index (χ4v) is 4.14. The number of carbonyl (C=O) groups is 2. The Kier molecular flexibility index (Phi) is 5.65. The fraction of sp³-hybridized carbons (Fsp3) is 0.364. The Morgan fingerprint density at radius 2 is 1.67 bits per heavy atom. The molecule has 0 aromatic heterocycles. The maximum absolute atomic E-state index is 12.7. The lowest BCUT2D eigenvalue weighted by Crippen LogP contribution is -2.51. The van der Waals surface area contributed by atoms with Crippen molar-refractivity contribution in [3.63, 3.8) is 0 Å². The number of benzene rings is 2. The van der Waals surface area contributed by atoms with Crippen LogP contribution in [0.5, 0.6) is 0 Å². The lowest BCUT2D eigenvalue weighted by molar-refractivity contribution is -0.384. The SMILES string of the molecule is O=C(CN1CC(c2ccccc2)CC1=O)N1CCN(c2ccc([N+](=O)[O-])cc2)CC1. The summed E-state index contributed by atoms with van der Waals surface area (Å²) in [5.74, 6) is 0.146. The summed E-state index contributed by atoms with van der Waals surface area (Å²) in [5, 5.41) is 10.8. The van der Waals surface area contributed by atoms with E-state index in [-0.39, 0.29) is 30.0 Å². The highest BCUT2D eigenvalue weighted by Crippen LogP contribution is 2.28. The monoisotopic (exact) mass is 408 g/mol. The molecule has 1 unspecified atom stereocenters. The zero-order chi connectivity index (χ0) is 21.1. The number of likely N-dealkylation sites (tertiary alicyclic amines) is 1. The largest absolute Gasteiger partial charge is 0.368 e. The van der Waals surface area contributed by atoms with Gasteiger partial charge in [-0.1, -0.05) is 30.3 Å². The van der Waals surface area contributed by atoms with Gasteiger partial charge < -0.3 is 14.7 Å². The van der Waals surface area contributed by atoms with Crippen molar-refractivity contribution < 1.29 is 14.5 Å². The molecule has 0 spiro atoms. The van der Waals surface area contributed by atoms with Crippen LogP contribution < -0.4 is 4.90 Å². The normalized spacial score (nSPS) is 19.3. The van der Waals surface area contributed by atoms with Gasteiger partial charge in [0.05, 0.1) is 11.5 Å². The number of anilines is 1. The van der Waals surface area contributed by atoms with E-state index >= 15 is 0 Å². The molecule has 2 fully saturated rings. The van der Waals surface area contributed by atoms with Crippen LogP contribution in [0.4, 0.5) is 11.4 Å².